The zero-order chi connectivity index (χ0) is 12.3. The summed E-state index contributed by atoms with van der Waals surface area (Å²) in [6.07, 6.45) is 0. The van der Waals surface area contributed by atoms with Gasteiger partial charge in [-0.05, 0) is 17.7 Å². The van der Waals surface area contributed by atoms with E-state index in [0.29, 0.717) is 17.4 Å². The van der Waals surface area contributed by atoms with Crippen molar-refractivity contribution < 1.29 is 0 Å². The van der Waals surface area contributed by atoms with Crippen molar-refractivity contribution in [1.29, 1.82) is 0 Å². The van der Waals surface area contributed by atoms with Crippen LogP contribution in [0.1, 0.15) is 5.56 Å². The van der Waals surface area contributed by atoms with Gasteiger partial charge in [0.1, 0.15) is 5.82 Å². The van der Waals surface area contributed by atoms with Crippen LogP contribution in [0.15, 0.2) is 39.9 Å². The van der Waals surface area contributed by atoms with Crippen molar-refractivity contribution >= 4 is 17.4 Å². The van der Waals surface area contributed by atoms with Crippen molar-refractivity contribution in [3.05, 3.63) is 61.8 Å². The number of rotatable bonds is 3. The van der Waals surface area contributed by atoms with E-state index in [1.54, 1.807) is 12.1 Å². The van der Waals surface area contributed by atoms with Crippen LogP contribution >= 0.6 is 11.6 Å². The van der Waals surface area contributed by atoms with Gasteiger partial charge < -0.3 is 5.32 Å². The number of aromatic nitrogens is 2. The van der Waals surface area contributed by atoms with Crippen molar-refractivity contribution in [2.24, 2.45) is 0 Å². The number of anilines is 1. The van der Waals surface area contributed by atoms with Crippen LogP contribution in [0.25, 0.3) is 0 Å². The first-order chi connectivity index (χ1) is 8.13. The van der Waals surface area contributed by atoms with Crippen molar-refractivity contribution in [3.63, 3.8) is 0 Å². The molecule has 2 aromatic rings. The van der Waals surface area contributed by atoms with Gasteiger partial charge in [-0.2, -0.15) is 0 Å². The van der Waals surface area contributed by atoms with Gasteiger partial charge >= 0.3 is 5.69 Å². The summed E-state index contributed by atoms with van der Waals surface area (Å²) in [6, 6.07) is 8.59. The Morgan fingerprint density at radius 3 is 2.71 bits per heavy atom. The van der Waals surface area contributed by atoms with Crippen LogP contribution in [-0.4, -0.2) is 9.97 Å². The highest BCUT2D eigenvalue weighted by molar-refractivity contribution is 6.30. The average molecular weight is 252 g/mol. The minimum absolute atomic E-state index is 0.374. The quantitative estimate of drug-likeness (QED) is 0.770. The van der Waals surface area contributed by atoms with Gasteiger partial charge in [-0.1, -0.05) is 23.7 Å². The van der Waals surface area contributed by atoms with Gasteiger partial charge in [0.05, 0.1) is 0 Å². The molecule has 0 amide bonds. The lowest BCUT2D eigenvalue weighted by Gasteiger charge is -2.05. The summed E-state index contributed by atoms with van der Waals surface area (Å²) < 4.78 is 0. The fraction of sp³-hybridized carbons (Fsp3) is 0.0909. The Morgan fingerprint density at radius 1 is 1.18 bits per heavy atom. The molecule has 0 spiro atoms. The lowest BCUT2D eigenvalue weighted by Crippen LogP contribution is -2.22. The summed E-state index contributed by atoms with van der Waals surface area (Å²) in [4.78, 5) is 26.6. The van der Waals surface area contributed by atoms with Gasteiger partial charge in [0.2, 0.25) is 0 Å². The van der Waals surface area contributed by atoms with Crippen LogP contribution in [0, 0.1) is 0 Å². The number of benzene rings is 1. The largest absolute Gasteiger partial charge is 0.367 e. The van der Waals surface area contributed by atoms with E-state index in [9.17, 15) is 9.59 Å². The van der Waals surface area contributed by atoms with E-state index in [1.807, 2.05) is 12.1 Å². The Morgan fingerprint density at radius 2 is 2.00 bits per heavy atom. The third-order valence-electron chi connectivity index (χ3n) is 2.13. The third kappa shape index (κ3) is 3.22. The highest BCUT2D eigenvalue weighted by atomic mass is 35.5. The summed E-state index contributed by atoms with van der Waals surface area (Å²) in [5.41, 5.74) is -0.0212. The predicted octanol–water partition coefficient (Wildman–Crippen LogP) is 1.33. The molecule has 0 atom stereocenters. The summed E-state index contributed by atoms with van der Waals surface area (Å²) in [7, 11) is 0. The third-order valence-corrected chi connectivity index (χ3v) is 2.37. The molecule has 1 aromatic carbocycles. The molecule has 88 valence electrons. The molecule has 3 N–H and O–H groups in total. The van der Waals surface area contributed by atoms with E-state index >= 15 is 0 Å². The molecule has 0 unspecified atom stereocenters. The molecule has 0 aliphatic heterocycles. The lowest BCUT2D eigenvalue weighted by atomic mass is 10.2. The summed E-state index contributed by atoms with van der Waals surface area (Å²) in [5.74, 6) is 0.374. The lowest BCUT2D eigenvalue weighted by molar-refractivity contribution is 1.01. The second-order valence-electron chi connectivity index (χ2n) is 3.48. The van der Waals surface area contributed by atoms with Crippen LogP contribution in [0.4, 0.5) is 5.82 Å². The zero-order valence-electron chi connectivity index (χ0n) is 8.79. The highest BCUT2D eigenvalue weighted by Crippen LogP contribution is 2.11. The molecule has 0 saturated carbocycles. The van der Waals surface area contributed by atoms with E-state index in [1.165, 1.54) is 6.07 Å². The van der Waals surface area contributed by atoms with Gasteiger partial charge in [-0.15, -0.1) is 0 Å². The molecule has 6 heteroatoms. The molecular formula is C11H10ClN3O2. The minimum atomic E-state index is -0.536. The van der Waals surface area contributed by atoms with E-state index < -0.39 is 11.2 Å². The Labute approximate surface area is 101 Å². The smallest absolute Gasteiger partial charge is 0.327 e. The molecule has 2 rings (SSSR count). The van der Waals surface area contributed by atoms with Crippen LogP contribution in [0.3, 0.4) is 0 Å². The topological polar surface area (TPSA) is 77.8 Å². The van der Waals surface area contributed by atoms with E-state index in [2.05, 4.69) is 15.3 Å². The van der Waals surface area contributed by atoms with E-state index in [4.69, 9.17) is 11.6 Å². The summed E-state index contributed by atoms with van der Waals surface area (Å²) >= 11 is 5.84. The number of halogens is 1. The van der Waals surface area contributed by atoms with Crippen LogP contribution in [0.5, 0.6) is 0 Å². The van der Waals surface area contributed by atoms with Crippen LogP contribution < -0.4 is 16.6 Å². The molecule has 0 aliphatic rings. The molecule has 0 bridgehead atoms. The number of hydrogen-bond donors (Lipinski definition) is 3. The first kappa shape index (κ1) is 11.5. The highest BCUT2D eigenvalue weighted by Gasteiger charge is 1.97. The Balaban J connectivity index is 2.12. The van der Waals surface area contributed by atoms with Crippen LogP contribution in [-0.2, 0) is 6.54 Å². The zero-order valence-corrected chi connectivity index (χ0v) is 9.54. The first-order valence-electron chi connectivity index (χ1n) is 4.95. The number of aromatic amines is 2. The Hall–Kier alpha value is -2.01. The molecule has 0 saturated heterocycles. The molecule has 17 heavy (non-hydrogen) atoms. The first-order valence-corrected chi connectivity index (χ1v) is 5.33. The molecular weight excluding hydrogens is 242 g/mol. The second kappa shape index (κ2) is 4.88. The van der Waals surface area contributed by atoms with Gasteiger partial charge in [-0.25, -0.2) is 4.79 Å². The molecule has 0 radical (unpaired) electrons. The number of hydrogen-bond acceptors (Lipinski definition) is 3. The maximum atomic E-state index is 11.0. The van der Waals surface area contributed by atoms with Crippen molar-refractivity contribution in [2.45, 2.75) is 6.54 Å². The second-order valence-corrected chi connectivity index (χ2v) is 3.92. The SMILES string of the molecule is O=c1cc(NCc2cccc(Cl)c2)[nH]c(=O)[nH]1. The van der Waals surface area contributed by atoms with Crippen molar-refractivity contribution in [3.8, 4) is 0 Å². The summed E-state index contributed by atoms with van der Waals surface area (Å²) in [5, 5.41) is 3.58. The Kier molecular flexibility index (Phi) is 3.30. The minimum Gasteiger partial charge on any atom is -0.367 e. The standard InChI is InChI=1S/C11H10ClN3O2/c12-8-3-1-2-7(4-8)6-13-9-5-10(16)15-11(17)14-9/h1-5H,6H2,(H3,13,14,15,16,17). The van der Waals surface area contributed by atoms with E-state index in [0.717, 1.165) is 5.56 Å². The molecule has 0 fully saturated rings. The normalized spacial score (nSPS) is 10.2. The molecule has 1 heterocycles. The van der Waals surface area contributed by atoms with Crippen LogP contribution in [0.2, 0.25) is 5.02 Å². The fourth-order valence-corrected chi connectivity index (χ4v) is 1.62. The number of nitrogens with one attached hydrogen (secondary N) is 3. The monoisotopic (exact) mass is 251 g/mol. The predicted molar refractivity (Wildman–Crippen MR) is 66.5 cm³/mol. The van der Waals surface area contributed by atoms with Crippen molar-refractivity contribution in [2.75, 3.05) is 5.32 Å². The van der Waals surface area contributed by atoms with Gasteiger partial charge in [0.25, 0.3) is 5.56 Å². The maximum absolute atomic E-state index is 11.0. The molecule has 5 nitrogen and oxygen atoms in total. The number of H-pyrrole nitrogens is 2. The fourth-order valence-electron chi connectivity index (χ4n) is 1.41. The maximum Gasteiger partial charge on any atom is 0.327 e. The van der Waals surface area contributed by atoms with Gasteiger partial charge in [0, 0.05) is 17.6 Å². The van der Waals surface area contributed by atoms with Crippen molar-refractivity contribution in [1.82, 2.24) is 9.97 Å². The average Bonchev–Trinajstić information content (AvgIpc) is 2.25. The van der Waals surface area contributed by atoms with Gasteiger partial charge in [-0.3, -0.25) is 14.8 Å². The van der Waals surface area contributed by atoms with Gasteiger partial charge in [0.15, 0.2) is 0 Å². The molecule has 0 aliphatic carbocycles. The Bertz CT molecular complexity index is 605. The van der Waals surface area contributed by atoms with E-state index in [-0.39, 0.29) is 0 Å². The molecule has 1 aromatic heterocycles. The summed E-state index contributed by atoms with van der Waals surface area (Å²) in [6.45, 7) is 0.472.